The monoisotopic (exact) mass is 732 g/mol. The molecule has 4 heterocycles. The van der Waals surface area contributed by atoms with Crippen molar-refractivity contribution in [1.82, 2.24) is 9.97 Å². The molecule has 8 rings (SSSR count). The Balaban J connectivity index is 1.20. The van der Waals surface area contributed by atoms with E-state index in [9.17, 15) is 9.59 Å². The molecule has 2 aromatic carbocycles. The second-order valence-corrected chi connectivity index (χ2v) is 15.1. The summed E-state index contributed by atoms with van der Waals surface area (Å²) in [6.45, 7) is 8.50. The molecule has 2 aromatic heterocycles. The highest BCUT2D eigenvalue weighted by atomic mass is 16.5. The Morgan fingerprint density at radius 2 is 1.05 bits per heavy atom. The van der Waals surface area contributed by atoms with E-state index >= 15 is 0 Å². The van der Waals surface area contributed by atoms with E-state index in [0.717, 1.165) is 82.2 Å². The number of nitrogens with one attached hydrogen (secondary N) is 2. The number of carbonyl (C=O) groups excluding carboxylic acids is 2. The number of aliphatic imine (C=N–C) groups is 2. The first-order valence-corrected chi connectivity index (χ1v) is 19.4. The Labute approximate surface area is 322 Å². The zero-order chi connectivity index (χ0) is 38.4. The first kappa shape index (κ1) is 36.2. The van der Waals surface area contributed by atoms with Gasteiger partial charge in [-0.05, 0) is 134 Å². The van der Waals surface area contributed by atoms with Crippen molar-refractivity contribution >= 4 is 35.5 Å². The quantitative estimate of drug-likeness (QED) is 0.158. The van der Waals surface area contributed by atoms with Gasteiger partial charge in [0.05, 0.1) is 37.0 Å². The lowest BCUT2D eigenvalue weighted by Crippen LogP contribution is -2.13. The van der Waals surface area contributed by atoms with Crippen molar-refractivity contribution in [3.63, 3.8) is 0 Å². The number of aromatic nitrogens is 2. The maximum atomic E-state index is 12.5. The van der Waals surface area contributed by atoms with E-state index in [4.69, 9.17) is 19.5 Å². The Bertz CT molecular complexity index is 2290. The lowest BCUT2D eigenvalue weighted by atomic mass is 9.85. The van der Waals surface area contributed by atoms with Crippen LogP contribution in [-0.4, -0.2) is 47.5 Å². The van der Waals surface area contributed by atoms with Crippen LogP contribution in [0.3, 0.4) is 0 Å². The van der Waals surface area contributed by atoms with Gasteiger partial charge >= 0.3 is 11.9 Å². The Morgan fingerprint density at radius 3 is 1.47 bits per heavy atom. The highest BCUT2D eigenvalue weighted by molar-refractivity contribution is 6.21. The first-order chi connectivity index (χ1) is 26.6. The van der Waals surface area contributed by atoms with Crippen LogP contribution in [0.25, 0.3) is 34.4 Å². The Hall–Kier alpha value is -5.76. The third-order valence-electron chi connectivity index (χ3n) is 11.9. The number of nitrogens with zero attached hydrogens (tertiary/aromatic N) is 2. The standard InChI is InChI=1S/C47H48N4O4/c1-26-32(19-21-44(52)54-5)40(50-38(26)23-42-46-34(28(3)48-42)17-15-30-11-7-9-13-36(30)46)25-41-33(20-22-45(53)55-6)27(2)39(51-41)24-43-47-35(29(4)49-43)18-16-31-12-8-10-14-37(31)47/h7-14,23-24,48-49H,15-22,25H2,1-6H3/b38-23-,39-24-. The zero-order valence-electron chi connectivity index (χ0n) is 32.7. The van der Waals surface area contributed by atoms with Gasteiger partial charge in [-0.15, -0.1) is 0 Å². The smallest absolute Gasteiger partial charge is 0.305 e. The number of hydrogen-bond donors (Lipinski definition) is 2. The Morgan fingerprint density at radius 1 is 0.636 bits per heavy atom. The maximum absolute atomic E-state index is 12.5. The molecule has 2 N–H and O–H groups in total. The van der Waals surface area contributed by atoms with E-state index in [-0.39, 0.29) is 24.8 Å². The number of benzene rings is 2. The molecule has 0 fully saturated rings. The number of rotatable bonds is 10. The summed E-state index contributed by atoms with van der Waals surface area (Å²) < 4.78 is 10.1. The molecular formula is C47H48N4O4. The minimum atomic E-state index is -0.258. The largest absolute Gasteiger partial charge is 0.469 e. The summed E-state index contributed by atoms with van der Waals surface area (Å²) in [5, 5.41) is 0. The number of aryl methyl sites for hydroxylation is 4. The van der Waals surface area contributed by atoms with Crippen LogP contribution in [0.15, 0.2) is 92.2 Å². The molecule has 0 amide bonds. The van der Waals surface area contributed by atoms with Gasteiger partial charge in [0, 0.05) is 53.2 Å². The predicted molar refractivity (Wildman–Crippen MR) is 220 cm³/mol. The highest BCUT2D eigenvalue weighted by Gasteiger charge is 2.30. The van der Waals surface area contributed by atoms with Crippen LogP contribution in [0.2, 0.25) is 0 Å². The number of esters is 2. The number of allylic oxidation sites excluding steroid dienone is 4. The van der Waals surface area contributed by atoms with Gasteiger partial charge in [-0.1, -0.05) is 48.5 Å². The van der Waals surface area contributed by atoms with Crippen molar-refractivity contribution in [2.24, 2.45) is 9.98 Å². The minimum absolute atomic E-state index is 0.250. The number of methoxy groups -OCH3 is 2. The van der Waals surface area contributed by atoms with Crippen molar-refractivity contribution in [2.75, 3.05) is 14.2 Å². The van der Waals surface area contributed by atoms with Crippen LogP contribution in [-0.2, 0) is 44.7 Å². The van der Waals surface area contributed by atoms with Gasteiger partial charge in [-0.2, -0.15) is 0 Å². The molecule has 4 aliphatic rings. The topological polar surface area (TPSA) is 109 Å². The van der Waals surface area contributed by atoms with E-state index in [2.05, 4.69) is 98.3 Å². The fraction of sp³-hybridized carbons (Fsp3) is 0.319. The normalized spacial score (nSPS) is 17.3. The molecule has 0 saturated carbocycles. The van der Waals surface area contributed by atoms with Gasteiger partial charge in [0.2, 0.25) is 0 Å². The van der Waals surface area contributed by atoms with Crippen LogP contribution in [0.4, 0.5) is 0 Å². The summed E-state index contributed by atoms with van der Waals surface area (Å²) in [6, 6.07) is 17.3. The molecule has 280 valence electrons. The maximum Gasteiger partial charge on any atom is 0.305 e. The molecule has 0 bridgehead atoms. The zero-order valence-corrected chi connectivity index (χ0v) is 32.7. The van der Waals surface area contributed by atoms with E-state index in [1.165, 1.54) is 70.1 Å². The predicted octanol–water partition coefficient (Wildman–Crippen LogP) is 9.71. The van der Waals surface area contributed by atoms with Gasteiger partial charge in [-0.25, -0.2) is 0 Å². The summed E-state index contributed by atoms with van der Waals surface area (Å²) in [4.78, 5) is 42.9. The van der Waals surface area contributed by atoms with Gasteiger partial charge in [0.25, 0.3) is 0 Å². The van der Waals surface area contributed by atoms with Crippen LogP contribution in [0.1, 0.15) is 91.0 Å². The number of carbonyl (C=O) groups is 2. The molecule has 0 unspecified atom stereocenters. The average molecular weight is 733 g/mol. The van der Waals surface area contributed by atoms with Gasteiger partial charge < -0.3 is 19.4 Å². The number of aromatic amines is 2. The summed E-state index contributed by atoms with van der Waals surface area (Å²) in [5.41, 5.74) is 22.6. The molecule has 2 aliphatic heterocycles. The second-order valence-electron chi connectivity index (χ2n) is 15.1. The molecular weight excluding hydrogens is 685 g/mol. The van der Waals surface area contributed by atoms with Gasteiger partial charge in [0.15, 0.2) is 0 Å². The lowest BCUT2D eigenvalue weighted by molar-refractivity contribution is -0.141. The van der Waals surface area contributed by atoms with E-state index in [1.54, 1.807) is 0 Å². The molecule has 0 radical (unpaired) electrons. The third kappa shape index (κ3) is 6.68. The minimum Gasteiger partial charge on any atom is -0.469 e. The van der Waals surface area contributed by atoms with Crippen LogP contribution in [0.5, 0.6) is 0 Å². The third-order valence-corrected chi connectivity index (χ3v) is 11.9. The van der Waals surface area contributed by atoms with E-state index in [1.807, 2.05) is 0 Å². The van der Waals surface area contributed by atoms with Crippen LogP contribution in [0, 0.1) is 13.8 Å². The van der Waals surface area contributed by atoms with E-state index < -0.39 is 0 Å². The molecule has 55 heavy (non-hydrogen) atoms. The fourth-order valence-corrected chi connectivity index (χ4v) is 8.98. The van der Waals surface area contributed by atoms with Crippen LogP contribution >= 0.6 is 0 Å². The van der Waals surface area contributed by atoms with Crippen molar-refractivity contribution < 1.29 is 19.1 Å². The molecule has 0 atom stereocenters. The molecule has 2 aliphatic carbocycles. The summed E-state index contributed by atoms with van der Waals surface area (Å²) >= 11 is 0. The molecule has 8 nitrogen and oxygen atoms in total. The Kier molecular flexibility index (Phi) is 9.76. The number of H-pyrrole nitrogens is 2. The summed E-state index contributed by atoms with van der Waals surface area (Å²) in [5.74, 6) is -0.515. The SMILES string of the molecule is COC(=O)CCC1=C(C)/C(=C/c2[nH]c(C)c3c2-c2ccccc2CC3)N=C1CC1=N/C(=C\c2[nH]c(C)c3c2-c2ccccc2CC3)C(C)=C1CCC(=O)OC. The fourth-order valence-electron chi connectivity index (χ4n) is 8.98. The van der Waals surface area contributed by atoms with Crippen molar-refractivity contribution in [3.05, 3.63) is 127 Å². The first-order valence-electron chi connectivity index (χ1n) is 19.4. The number of ether oxygens (including phenoxy) is 2. The average Bonchev–Trinajstić information content (AvgIpc) is 3.89. The molecule has 4 aromatic rings. The molecule has 8 heteroatoms. The van der Waals surface area contributed by atoms with Gasteiger partial charge in [0.1, 0.15) is 0 Å². The van der Waals surface area contributed by atoms with Crippen molar-refractivity contribution in [1.29, 1.82) is 0 Å². The molecule has 0 spiro atoms. The number of hydrogen-bond acceptors (Lipinski definition) is 6. The second kappa shape index (κ2) is 14.8. The summed E-state index contributed by atoms with van der Waals surface area (Å²) in [6.07, 6.45) is 10.4. The van der Waals surface area contributed by atoms with Crippen molar-refractivity contribution in [2.45, 2.75) is 85.5 Å². The molecule has 0 saturated heterocycles. The van der Waals surface area contributed by atoms with Gasteiger partial charge in [-0.3, -0.25) is 19.6 Å². The van der Waals surface area contributed by atoms with Crippen molar-refractivity contribution in [3.8, 4) is 22.3 Å². The summed E-state index contributed by atoms with van der Waals surface area (Å²) in [7, 11) is 2.85. The number of fused-ring (bicyclic) bond motifs is 6. The van der Waals surface area contributed by atoms with E-state index in [0.29, 0.717) is 19.3 Å². The highest BCUT2D eigenvalue weighted by Crippen LogP contribution is 2.43. The lowest BCUT2D eigenvalue weighted by Gasteiger charge is -2.17. The van der Waals surface area contributed by atoms with Crippen LogP contribution < -0.4 is 0 Å².